The van der Waals surface area contributed by atoms with E-state index in [0.29, 0.717) is 6.61 Å². The SMILES string of the molecule is CCCN(CCC)c1ncc(CC[C@H]2COC(C)(C)O2)cc1Cl. The van der Waals surface area contributed by atoms with Crippen LogP contribution >= 0.6 is 11.6 Å². The molecular weight excluding hydrogens is 312 g/mol. The third-order valence-electron chi connectivity index (χ3n) is 3.99. The van der Waals surface area contributed by atoms with Crippen LogP contribution in [-0.4, -0.2) is 36.6 Å². The Morgan fingerprint density at radius 1 is 1.30 bits per heavy atom. The molecule has 1 aromatic rings. The minimum Gasteiger partial charge on any atom is -0.355 e. The number of rotatable bonds is 8. The minimum absolute atomic E-state index is 0.153. The summed E-state index contributed by atoms with van der Waals surface area (Å²) >= 11 is 6.48. The molecule has 1 aliphatic rings. The molecule has 0 amide bonds. The predicted octanol–water partition coefficient (Wildman–Crippen LogP) is 4.45. The van der Waals surface area contributed by atoms with Crippen molar-refractivity contribution in [1.82, 2.24) is 4.98 Å². The van der Waals surface area contributed by atoms with Gasteiger partial charge in [0.2, 0.25) is 0 Å². The summed E-state index contributed by atoms with van der Waals surface area (Å²) in [4.78, 5) is 6.88. The number of hydrogen-bond acceptors (Lipinski definition) is 4. The van der Waals surface area contributed by atoms with Gasteiger partial charge in [0, 0.05) is 19.3 Å². The van der Waals surface area contributed by atoms with Crippen molar-refractivity contribution < 1.29 is 9.47 Å². The van der Waals surface area contributed by atoms with Crippen molar-refractivity contribution in [2.24, 2.45) is 0 Å². The fourth-order valence-corrected chi connectivity index (χ4v) is 3.24. The van der Waals surface area contributed by atoms with Crippen molar-refractivity contribution in [3.63, 3.8) is 0 Å². The van der Waals surface area contributed by atoms with Crippen LogP contribution < -0.4 is 4.90 Å². The van der Waals surface area contributed by atoms with E-state index in [9.17, 15) is 0 Å². The molecule has 1 aromatic heterocycles. The molecule has 1 aliphatic heterocycles. The Labute approximate surface area is 145 Å². The number of hydrogen-bond donors (Lipinski definition) is 0. The van der Waals surface area contributed by atoms with Crippen molar-refractivity contribution in [2.45, 2.75) is 65.3 Å². The lowest BCUT2D eigenvalue weighted by Gasteiger charge is -2.23. The molecule has 2 heterocycles. The van der Waals surface area contributed by atoms with E-state index in [1.54, 1.807) is 0 Å². The van der Waals surface area contributed by atoms with Crippen molar-refractivity contribution in [2.75, 3.05) is 24.6 Å². The number of halogens is 1. The van der Waals surface area contributed by atoms with Crippen LogP contribution in [0, 0.1) is 0 Å². The summed E-state index contributed by atoms with van der Waals surface area (Å²) in [6.45, 7) is 10.9. The normalized spacial score (nSPS) is 20.0. The van der Waals surface area contributed by atoms with Gasteiger partial charge in [0.25, 0.3) is 0 Å². The van der Waals surface area contributed by atoms with E-state index in [1.165, 1.54) is 0 Å². The third kappa shape index (κ3) is 5.33. The lowest BCUT2D eigenvalue weighted by molar-refractivity contribution is -0.138. The molecule has 1 fully saturated rings. The van der Waals surface area contributed by atoms with Gasteiger partial charge >= 0.3 is 0 Å². The van der Waals surface area contributed by atoms with Crippen molar-refractivity contribution in [3.05, 3.63) is 22.8 Å². The van der Waals surface area contributed by atoms with E-state index < -0.39 is 5.79 Å². The maximum absolute atomic E-state index is 6.48. The predicted molar refractivity (Wildman–Crippen MR) is 95.3 cm³/mol. The van der Waals surface area contributed by atoms with Gasteiger partial charge in [-0.3, -0.25) is 0 Å². The number of ether oxygens (including phenoxy) is 2. The van der Waals surface area contributed by atoms with Gasteiger partial charge in [-0.1, -0.05) is 25.4 Å². The number of aryl methyl sites for hydroxylation is 1. The topological polar surface area (TPSA) is 34.6 Å². The lowest BCUT2D eigenvalue weighted by atomic mass is 10.1. The largest absolute Gasteiger partial charge is 0.355 e. The van der Waals surface area contributed by atoms with Crippen molar-refractivity contribution >= 4 is 17.4 Å². The molecule has 0 aliphatic carbocycles. The van der Waals surface area contributed by atoms with E-state index in [1.807, 2.05) is 26.1 Å². The average Bonchev–Trinajstić information content (AvgIpc) is 2.84. The van der Waals surface area contributed by atoms with Crippen LogP contribution in [0.15, 0.2) is 12.3 Å². The van der Waals surface area contributed by atoms with Crippen LogP contribution in [-0.2, 0) is 15.9 Å². The Bertz CT molecular complexity index is 502. The first kappa shape index (κ1) is 18.5. The van der Waals surface area contributed by atoms with Gasteiger partial charge in [0.1, 0.15) is 5.82 Å². The number of nitrogens with zero attached hydrogens (tertiary/aromatic N) is 2. The van der Waals surface area contributed by atoms with Gasteiger partial charge in [0.15, 0.2) is 5.79 Å². The van der Waals surface area contributed by atoms with Crippen LogP contribution in [0.3, 0.4) is 0 Å². The van der Waals surface area contributed by atoms with Gasteiger partial charge in [-0.15, -0.1) is 0 Å². The Balaban J connectivity index is 1.96. The summed E-state index contributed by atoms with van der Waals surface area (Å²) in [6, 6.07) is 2.04. The Hall–Kier alpha value is -0.840. The van der Waals surface area contributed by atoms with Gasteiger partial charge in [0.05, 0.1) is 17.7 Å². The smallest absolute Gasteiger partial charge is 0.163 e. The van der Waals surface area contributed by atoms with E-state index in [-0.39, 0.29) is 6.10 Å². The third-order valence-corrected chi connectivity index (χ3v) is 4.27. The Morgan fingerprint density at radius 2 is 2.00 bits per heavy atom. The number of pyridine rings is 1. The highest BCUT2D eigenvalue weighted by molar-refractivity contribution is 6.33. The van der Waals surface area contributed by atoms with E-state index in [2.05, 4.69) is 23.7 Å². The molecule has 4 nitrogen and oxygen atoms in total. The molecule has 0 aromatic carbocycles. The molecule has 0 unspecified atom stereocenters. The van der Waals surface area contributed by atoms with Gasteiger partial charge in [-0.2, -0.15) is 0 Å². The number of aromatic nitrogens is 1. The van der Waals surface area contributed by atoms with Crippen molar-refractivity contribution in [3.8, 4) is 0 Å². The van der Waals surface area contributed by atoms with Crippen molar-refractivity contribution in [1.29, 1.82) is 0 Å². The molecule has 0 N–H and O–H groups in total. The summed E-state index contributed by atoms with van der Waals surface area (Å²) in [7, 11) is 0. The summed E-state index contributed by atoms with van der Waals surface area (Å²) in [5.41, 5.74) is 1.15. The van der Waals surface area contributed by atoms with Crippen LogP contribution in [0.2, 0.25) is 5.02 Å². The maximum Gasteiger partial charge on any atom is 0.163 e. The van der Waals surface area contributed by atoms with Crippen LogP contribution in [0.25, 0.3) is 0 Å². The molecule has 5 heteroatoms. The van der Waals surface area contributed by atoms with Crippen LogP contribution in [0.1, 0.15) is 52.5 Å². The second-order valence-corrected chi connectivity index (χ2v) is 7.03. The second-order valence-electron chi connectivity index (χ2n) is 6.63. The molecule has 0 radical (unpaired) electrons. The Morgan fingerprint density at radius 3 is 2.52 bits per heavy atom. The molecule has 1 atom stereocenters. The first-order valence-corrected chi connectivity index (χ1v) is 9.04. The first-order chi connectivity index (χ1) is 10.9. The summed E-state index contributed by atoms with van der Waals surface area (Å²) in [5, 5.41) is 0.744. The zero-order chi connectivity index (χ0) is 16.9. The molecule has 1 saturated heterocycles. The quantitative estimate of drug-likeness (QED) is 0.700. The van der Waals surface area contributed by atoms with E-state index in [4.69, 9.17) is 21.1 Å². The Kier molecular flexibility index (Phi) is 6.69. The second kappa shape index (κ2) is 8.32. The van der Waals surface area contributed by atoms with Gasteiger partial charge < -0.3 is 14.4 Å². The molecule has 0 bridgehead atoms. The molecule has 0 saturated carbocycles. The maximum atomic E-state index is 6.48. The zero-order valence-corrected chi connectivity index (χ0v) is 15.5. The highest BCUT2D eigenvalue weighted by Gasteiger charge is 2.32. The molecule has 130 valence electrons. The highest BCUT2D eigenvalue weighted by atomic mass is 35.5. The first-order valence-electron chi connectivity index (χ1n) is 8.66. The standard InChI is InChI=1S/C18H29ClN2O2/c1-5-9-21(10-6-2)17-16(19)11-14(12-20-17)7-8-15-13-22-18(3,4)23-15/h11-12,15H,5-10,13H2,1-4H3/t15-/m0/s1. The summed E-state index contributed by atoms with van der Waals surface area (Å²) in [5.74, 6) is 0.450. The fourth-order valence-electron chi connectivity index (χ4n) is 2.94. The van der Waals surface area contributed by atoms with Crippen LogP contribution in [0.4, 0.5) is 5.82 Å². The van der Waals surface area contributed by atoms with Gasteiger partial charge in [-0.05, 0) is 51.2 Å². The zero-order valence-electron chi connectivity index (χ0n) is 14.8. The molecule has 0 spiro atoms. The lowest BCUT2D eigenvalue weighted by Crippen LogP contribution is -2.26. The summed E-state index contributed by atoms with van der Waals surface area (Å²) < 4.78 is 11.4. The molecular formula is C18H29ClN2O2. The van der Waals surface area contributed by atoms with Crippen LogP contribution in [0.5, 0.6) is 0 Å². The van der Waals surface area contributed by atoms with E-state index in [0.717, 1.165) is 55.2 Å². The molecule has 23 heavy (non-hydrogen) atoms. The highest BCUT2D eigenvalue weighted by Crippen LogP contribution is 2.27. The fraction of sp³-hybridized carbons (Fsp3) is 0.722. The summed E-state index contributed by atoms with van der Waals surface area (Å²) in [6.07, 6.45) is 6.11. The van der Waals surface area contributed by atoms with Gasteiger partial charge in [-0.25, -0.2) is 4.98 Å². The van der Waals surface area contributed by atoms with E-state index >= 15 is 0 Å². The minimum atomic E-state index is -0.453. The molecule has 2 rings (SSSR count). The number of anilines is 1. The monoisotopic (exact) mass is 340 g/mol. The average molecular weight is 341 g/mol.